The highest BCUT2D eigenvalue weighted by atomic mass is 32.1. The van der Waals surface area contributed by atoms with Gasteiger partial charge in [-0.2, -0.15) is 5.10 Å². The predicted molar refractivity (Wildman–Crippen MR) is 99.6 cm³/mol. The van der Waals surface area contributed by atoms with E-state index < -0.39 is 5.54 Å². The van der Waals surface area contributed by atoms with Crippen molar-refractivity contribution in [2.24, 2.45) is 0 Å². The van der Waals surface area contributed by atoms with E-state index in [4.69, 9.17) is 4.42 Å². The number of nitrogens with one attached hydrogen (secondary N) is 2. The smallest absolute Gasteiger partial charge is 0.266 e. The molecule has 0 aliphatic heterocycles. The van der Waals surface area contributed by atoms with Crippen LogP contribution in [0.25, 0.3) is 12.2 Å². The molecule has 140 valence electrons. The van der Waals surface area contributed by atoms with E-state index in [9.17, 15) is 14.4 Å². The highest BCUT2D eigenvalue weighted by Gasteiger charge is 2.28. The molecular weight excluding hydrogens is 370 g/mol. The molecule has 0 radical (unpaired) electrons. The van der Waals surface area contributed by atoms with Gasteiger partial charge in [-0.3, -0.25) is 19.7 Å². The normalized spacial score (nSPS) is 13.1. The molecule has 0 bridgehead atoms. The highest BCUT2D eigenvalue weighted by molar-refractivity contribution is 7.07. The molecule has 3 rings (SSSR count). The van der Waals surface area contributed by atoms with Crippen LogP contribution in [0.3, 0.4) is 0 Å². The van der Waals surface area contributed by atoms with Gasteiger partial charge >= 0.3 is 0 Å². The van der Waals surface area contributed by atoms with Crippen LogP contribution in [0.1, 0.15) is 26.5 Å². The van der Waals surface area contributed by atoms with E-state index in [2.05, 4.69) is 20.4 Å². The van der Waals surface area contributed by atoms with Crippen molar-refractivity contribution in [3.8, 4) is 0 Å². The number of rotatable bonds is 5. The Morgan fingerprint density at radius 1 is 1.37 bits per heavy atom. The van der Waals surface area contributed by atoms with E-state index in [-0.39, 0.29) is 17.2 Å². The van der Waals surface area contributed by atoms with Crippen LogP contribution in [0.2, 0.25) is 0 Å². The number of anilines is 1. The summed E-state index contributed by atoms with van der Waals surface area (Å²) < 4.78 is 7.66. The fraction of sp³-hybridized carbons (Fsp3) is 0.235. The standard InChI is InChI=1S/C17H17N5O4S/c1-10(23)20-14-5-4-11(26-14)6-12-16(25)21-15(27-12)7-13(24)17(2,3)22-9-18-8-19-22/h4-9H,1-3H3,(H,20,23)(H,21,25)/b12-6-,15-7+. The van der Waals surface area contributed by atoms with E-state index in [0.29, 0.717) is 20.8 Å². The van der Waals surface area contributed by atoms with Gasteiger partial charge in [-0.05, 0) is 19.9 Å². The Kier molecular flexibility index (Phi) is 4.91. The first-order valence-electron chi connectivity index (χ1n) is 7.95. The molecule has 3 aromatic rings. The molecule has 0 atom stereocenters. The number of hydrogen-bond donors (Lipinski definition) is 2. The molecule has 1 amide bonds. The van der Waals surface area contributed by atoms with Gasteiger partial charge in [0.15, 0.2) is 11.7 Å². The van der Waals surface area contributed by atoms with Crippen molar-refractivity contribution < 1.29 is 14.0 Å². The third-order valence-electron chi connectivity index (χ3n) is 3.74. The van der Waals surface area contributed by atoms with Crippen molar-refractivity contribution in [2.75, 3.05) is 5.32 Å². The fourth-order valence-electron chi connectivity index (χ4n) is 2.23. The minimum Gasteiger partial charge on any atom is -0.441 e. The number of Topliss-reactive ketones (excluding diaryl/α,β-unsaturated/α-hetero) is 1. The Bertz CT molecular complexity index is 1150. The number of thiazole rings is 1. The van der Waals surface area contributed by atoms with E-state index in [1.165, 1.54) is 30.3 Å². The summed E-state index contributed by atoms with van der Waals surface area (Å²) in [6.07, 6.45) is 5.73. The second kappa shape index (κ2) is 7.16. The van der Waals surface area contributed by atoms with Crippen LogP contribution in [-0.2, 0) is 15.1 Å². The lowest BCUT2D eigenvalue weighted by atomic mass is 10.00. The number of H-pyrrole nitrogens is 1. The summed E-state index contributed by atoms with van der Waals surface area (Å²) in [6.45, 7) is 4.80. The van der Waals surface area contributed by atoms with E-state index in [1.807, 2.05) is 0 Å². The van der Waals surface area contributed by atoms with Crippen LogP contribution in [0, 0.1) is 0 Å². The van der Waals surface area contributed by atoms with Crippen molar-refractivity contribution in [3.63, 3.8) is 0 Å². The molecule has 0 aromatic carbocycles. The van der Waals surface area contributed by atoms with Crippen LogP contribution in [0.15, 0.2) is 34.0 Å². The predicted octanol–water partition coefficient (Wildman–Crippen LogP) is 0.193. The first kappa shape index (κ1) is 18.5. The fourth-order valence-corrected chi connectivity index (χ4v) is 3.10. The van der Waals surface area contributed by atoms with Gasteiger partial charge in [0.1, 0.15) is 24.0 Å². The van der Waals surface area contributed by atoms with E-state index >= 15 is 0 Å². The van der Waals surface area contributed by atoms with Crippen molar-refractivity contribution in [2.45, 2.75) is 26.3 Å². The number of nitrogens with zero attached hydrogens (tertiary/aromatic N) is 3. The third-order valence-corrected chi connectivity index (χ3v) is 4.70. The molecule has 0 aliphatic rings. The van der Waals surface area contributed by atoms with Crippen molar-refractivity contribution in [1.29, 1.82) is 0 Å². The van der Waals surface area contributed by atoms with Crippen LogP contribution in [-0.4, -0.2) is 31.4 Å². The van der Waals surface area contributed by atoms with Crippen LogP contribution in [0.5, 0.6) is 0 Å². The molecule has 3 aromatic heterocycles. The number of aromatic amines is 1. The lowest BCUT2D eigenvalue weighted by Crippen LogP contribution is -2.36. The molecule has 0 aliphatic carbocycles. The molecule has 0 unspecified atom stereocenters. The lowest BCUT2D eigenvalue weighted by molar-refractivity contribution is -0.120. The Balaban J connectivity index is 1.91. The third kappa shape index (κ3) is 4.11. The zero-order valence-corrected chi connectivity index (χ0v) is 15.7. The average molecular weight is 387 g/mol. The molecular formula is C17H17N5O4S. The lowest BCUT2D eigenvalue weighted by Gasteiger charge is -2.20. The summed E-state index contributed by atoms with van der Waals surface area (Å²) in [6, 6.07) is 3.22. The molecule has 0 fully saturated rings. The summed E-state index contributed by atoms with van der Waals surface area (Å²) in [5.41, 5.74) is -1.27. The highest BCUT2D eigenvalue weighted by Crippen LogP contribution is 2.15. The van der Waals surface area contributed by atoms with Crippen molar-refractivity contribution >= 4 is 41.1 Å². The molecule has 10 heteroatoms. The van der Waals surface area contributed by atoms with Gasteiger partial charge in [-0.15, -0.1) is 11.3 Å². The number of ketones is 1. The monoisotopic (exact) mass is 387 g/mol. The quantitative estimate of drug-likeness (QED) is 0.644. The van der Waals surface area contributed by atoms with Crippen LogP contribution in [0.4, 0.5) is 5.88 Å². The Labute approximate surface area is 157 Å². The van der Waals surface area contributed by atoms with Gasteiger partial charge < -0.3 is 9.40 Å². The first-order valence-corrected chi connectivity index (χ1v) is 8.77. The SMILES string of the molecule is CC(=O)Nc1ccc(/C=c2\s/c(=C/C(=O)C(C)(C)n3cncn3)[nH]c2=O)o1. The summed E-state index contributed by atoms with van der Waals surface area (Å²) in [5.74, 6) is 0.212. The number of hydrogen-bond acceptors (Lipinski definition) is 7. The topological polar surface area (TPSA) is 123 Å². The van der Waals surface area contributed by atoms with Gasteiger partial charge in [-0.1, -0.05) is 0 Å². The summed E-state index contributed by atoms with van der Waals surface area (Å²) >= 11 is 1.13. The Morgan fingerprint density at radius 3 is 2.81 bits per heavy atom. The number of aromatic nitrogens is 4. The zero-order chi connectivity index (χ0) is 19.6. The number of amides is 1. The minimum atomic E-state index is -0.935. The average Bonchev–Trinajstić information content (AvgIpc) is 3.30. The molecule has 2 N–H and O–H groups in total. The summed E-state index contributed by atoms with van der Waals surface area (Å²) in [5, 5.41) is 6.51. The second-order valence-electron chi connectivity index (χ2n) is 6.22. The molecule has 27 heavy (non-hydrogen) atoms. The van der Waals surface area contributed by atoms with E-state index in [1.54, 1.807) is 32.1 Å². The molecule has 0 saturated heterocycles. The Hall–Kier alpha value is -3.27. The van der Waals surface area contributed by atoms with E-state index in [0.717, 1.165) is 11.3 Å². The summed E-state index contributed by atoms with van der Waals surface area (Å²) in [4.78, 5) is 42.3. The number of furan rings is 1. The van der Waals surface area contributed by atoms with Crippen LogP contribution < -0.4 is 20.1 Å². The van der Waals surface area contributed by atoms with Crippen molar-refractivity contribution in [1.82, 2.24) is 19.7 Å². The minimum absolute atomic E-state index is 0.233. The maximum atomic E-state index is 12.6. The number of carbonyl (C=O) groups excluding carboxylic acids is 2. The zero-order valence-electron chi connectivity index (χ0n) is 14.8. The molecule has 0 saturated carbocycles. The van der Waals surface area contributed by atoms with Gasteiger partial charge in [0.25, 0.3) is 5.56 Å². The van der Waals surface area contributed by atoms with Gasteiger partial charge in [-0.25, -0.2) is 9.67 Å². The van der Waals surface area contributed by atoms with Crippen molar-refractivity contribution in [3.05, 3.63) is 50.1 Å². The van der Waals surface area contributed by atoms with Gasteiger partial charge in [0.2, 0.25) is 5.91 Å². The summed E-state index contributed by atoms with van der Waals surface area (Å²) in [7, 11) is 0. The maximum Gasteiger partial charge on any atom is 0.266 e. The largest absolute Gasteiger partial charge is 0.441 e. The first-order chi connectivity index (χ1) is 12.8. The second-order valence-corrected chi connectivity index (χ2v) is 7.30. The molecule has 9 nitrogen and oxygen atoms in total. The Morgan fingerprint density at radius 2 is 2.15 bits per heavy atom. The van der Waals surface area contributed by atoms with Gasteiger partial charge in [0.05, 0.1) is 9.20 Å². The molecule has 0 spiro atoms. The maximum absolute atomic E-state index is 12.6. The van der Waals surface area contributed by atoms with Crippen LogP contribution >= 0.6 is 11.3 Å². The molecule has 3 heterocycles. The number of carbonyl (C=O) groups is 2. The van der Waals surface area contributed by atoms with Gasteiger partial charge in [0, 0.05) is 25.1 Å².